The number of fused-ring (bicyclic) bond motifs is 4. The Morgan fingerprint density at radius 1 is 0.321 bits per heavy atom. The second-order valence-electron chi connectivity index (χ2n) is 13.2. The fraction of sp³-hybridized carbons (Fsp3) is 0. The minimum absolute atomic E-state index is 0.636. The predicted octanol–water partition coefficient (Wildman–Crippen LogP) is 12.5. The molecule has 10 rings (SSSR count). The second kappa shape index (κ2) is 12.9. The molecular formula is C49H32N4. The smallest absolute Gasteiger partial charge is 0.164 e. The molecule has 53 heavy (non-hydrogen) atoms. The third kappa shape index (κ3) is 5.45. The molecule has 0 saturated carbocycles. The zero-order valence-electron chi connectivity index (χ0n) is 28.8. The third-order valence-electron chi connectivity index (χ3n) is 10.1. The molecule has 10 aromatic rings. The number of hydrogen-bond acceptors (Lipinski definition) is 3. The van der Waals surface area contributed by atoms with Crippen molar-refractivity contribution in [3.05, 3.63) is 194 Å². The van der Waals surface area contributed by atoms with Gasteiger partial charge in [-0.2, -0.15) is 0 Å². The van der Waals surface area contributed by atoms with Gasteiger partial charge < -0.3 is 4.57 Å². The molecule has 0 spiro atoms. The average Bonchev–Trinajstić information content (AvgIpc) is 3.58. The van der Waals surface area contributed by atoms with Crippen LogP contribution >= 0.6 is 0 Å². The lowest BCUT2D eigenvalue weighted by atomic mass is 9.89. The summed E-state index contributed by atoms with van der Waals surface area (Å²) < 4.78 is 2.36. The van der Waals surface area contributed by atoms with E-state index in [0.29, 0.717) is 17.5 Å². The van der Waals surface area contributed by atoms with Crippen LogP contribution in [-0.4, -0.2) is 19.5 Å². The van der Waals surface area contributed by atoms with Gasteiger partial charge in [0.15, 0.2) is 17.5 Å². The van der Waals surface area contributed by atoms with Crippen molar-refractivity contribution < 1.29 is 0 Å². The van der Waals surface area contributed by atoms with Gasteiger partial charge >= 0.3 is 0 Å². The molecule has 8 aromatic carbocycles. The molecule has 4 heteroatoms. The van der Waals surface area contributed by atoms with Crippen molar-refractivity contribution in [1.29, 1.82) is 0 Å². The first-order valence-corrected chi connectivity index (χ1v) is 17.9. The lowest BCUT2D eigenvalue weighted by Gasteiger charge is -2.16. The van der Waals surface area contributed by atoms with Gasteiger partial charge in [0.25, 0.3) is 0 Å². The van der Waals surface area contributed by atoms with Crippen LogP contribution in [0.3, 0.4) is 0 Å². The zero-order chi connectivity index (χ0) is 35.1. The van der Waals surface area contributed by atoms with Crippen LogP contribution in [0.25, 0.3) is 94.7 Å². The fourth-order valence-electron chi connectivity index (χ4n) is 7.57. The summed E-state index contributed by atoms with van der Waals surface area (Å²) in [5.41, 5.74) is 11.0. The van der Waals surface area contributed by atoms with E-state index in [2.05, 4.69) is 138 Å². The maximum absolute atomic E-state index is 5.03. The molecule has 0 N–H and O–H groups in total. The largest absolute Gasteiger partial charge is 0.309 e. The highest BCUT2D eigenvalue weighted by Gasteiger charge is 2.17. The van der Waals surface area contributed by atoms with Gasteiger partial charge in [0.1, 0.15) is 0 Å². The van der Waals surface area contributed by atoms with Crippen LogP contribution in [-0.2, 0) is 0 Å². The van der Waals surface area contributed by atoms with E-state index in [9.17, 15) is 0 Å². The molecule has 0 radical (unpaired) electrons. The SMILES string of the molecule is c1ccc(-c2nc(-c3ccccc3)nc(-c3cccc(-c4c(-c5ccc(-n6c7ccccc7c7ccccc76)cc5)ccc5ccccc45)c3)n2)cc1. The molecule has 0 aliphatic heterocycles. The van der Waals surface area contributed by atoms with E-state index < -0.39 is 0 Å². The van der Waals surface area contributed by atoms with Crippen LogP contribution in [0.5, 0.6) is 0 Å². The lowest BCUT2D eigenvalue weighted by Crippen LogP contribution is -2.00. The van der Waals surface area contributed by atoms with E-state index in [-0.39, 0.29) is 0 Å². The third-order valence-corrected chi connectivity index (χ3v) is 10.1. The highest BCUT2D eigenvalue weighted by molar-refractivity contribution is 6.09. The van der Waals surface area contributed by atoms with Crippen LogP contribution in [0.15, 0.2) is 194 Å². The first kappa shape index (κ1) is 30.6. The van der Waals surface area contributed by atoms with Crippen LogP contribution in [0, 0.1) is 0 Å². The summed E-state index contributed by atoms with van der Waals surface area (Å²) in [5.74, 6) is 1.93. The topological polar surface area (TPSA) is 43.6 Å². The van der Waals surface area contributed by atoms with Crippen LogP contribution in [0.1, 0.15) is 0 Å². The molecule has 2 heterocycles. The van der Waals surface area contributed by atoms with Crippen molar-refractivity contribution >= 4 is 32.6 Å². The fourth-order valence-corrected chi connectivity index (χ4v) is 7.57. The maximum Gasteiger partial charge on any atom is 0.164 e. The monoisotopic (exact) mass is 676 g/mol. The van der Waals surface area contributed by atoms with Crippen molar-refractivity contribution in [3.63, 3.8) is 0 Å². The van der Waals surface area contributed by atoms with E-state index in [0.717, 1.165) is 33.5 Å². The quantitative estimate of drug-likeness (QED) is 0.176. The lowest BCUT2D eigenvalue weighted by molar-refractivity contribution is 1.07. The standard InChI is InChI=1S/C49H32N4/c1-3-15-35(16-4-1)47-50-48(36-17-5-2-6-18-36)52-49(51-47)38-20-13-19-37(32-38)46-40-21-8-7-14-33(40)28-31-41(46)34-26-29-39(30-27-34)53-44-24-11-9-22-42(44)43-23-10-12-25-45(43)53/h1-32H. The molecule has 0 atom stereocenters. The number of benzene rings is 8. The number of para-hydroxylation sites is 2. The van der Waals surface area contributed by atoms with Gasteiger partial charge in [-0.15, -0.1) is 0 Å². The molecule has 0 fully saturated rings. The minimum Gasteiger partial charge on any atom is -0.309 e. The minimum atomic E-state index is 0.636. The molecule has 2 aromatic heterocycles. The molecule has 248 valence electrons. The highest BCUT2D eigenvalue weighted by atomic mass is 15.0. The highest BCUT2D eigenvalue weighted by Crippen LogP contribution is 2.40. The number of aromatic nitrogens is 4. The molecule has 0 amide bonds. The van der Waals surface area contributed by atoms with Gasteiger partial charge in [0.2, 0.25) is 0 Å². The Labute approximate surface area is 307 Å². The molecule has 4 nitrogen and oxygen atoms in total. The normalized spacial score (nSPS) is 11.4. The summed E-state index contributed by atoms with van der Waals surface area (Å²) in [7, 11) is 0. The average molecular weight is 677 g/mol. The van der Waals surface area contributed by atoms with Gasteiger partial charge in [-0.1, -0.05) is 164 Å². The van der Waals surface area contributed by atoms with Crippen LogP contribution in [0.2, 0.25) is 0 Å². The van der Waals surface area contributed by atoms with Gasteiger partial charge in [-0.25, -0.2) is 15.0 Å². The van der Waals surface area contributed by atoms with Crippen LogP contribution < -0.4 is 0 Å². The Hall–Kier alpha value is -7.17. The Morgan fingerprint density at radius 3 is 1.43 bits per heavy atom. The zero-order valence-corrected chi connectivity index (χ0v) is 28.8. The summed E-state index contributed by atoms with van der Waals surface area (Å²) >= 11 is 0. The summed E-state index contributed by atoms with van der Waals surface area (Å²) in [6, 6.07) is 68.2. The molecule has 0 saturated heterocycles. The second-order valence-corrected chi connectivity index (χ2v) is 13.2. The summed E-state index contributed by atoms with van der Waals surface area (Å²) in [4.78, 5) is 15.0. The number of rotatable bonds is 6. The molecule has 0 aliphatic carbocycles. The van der Waals surface area contributed by atoms with Gasteiger partial charge in [-0.3, -0.25) is 0 Å². The molecule has 0 bridgehead atoms. The van der Waals surface area contributed by atoms with Gasteiger partial charge in [0.05, 0.1) is 11.0 Å². The first-order valence-electron chi connectivity index (χ1n) is 17.9. The Morgan fingerprint density at radius 2 is 0.811 bits per heavy atom. The maximum atomic E-state index is 5.03. The van der Waals surface area contributed by atoms with Crippen molar-refractivity contribution in [2.75, 3.05) is 0 Å². The summed E-state index contributed by atoms with van der Waals surface area (Å²) in [5, 5.41) is 4.90. The Kier molecular flexibility index (Phi) is 7.43. The van der Waals surface area contributed by atoms with Gasteiger partial charge in [0, 0.05) is 33.2 Å². The molecule has 0 aliphatic rings. The van der Waals surface area contributed by atoms with E-state index in [4.69, 9.17) is 15.0 Å². The van der Waals surface area contributed by atoms with Gasteiger partial charge in [-0.05, 0) is 63.4 Å². The van der Waals surface area contributed by atoms with E-state index in [1.54, 1.807) is 0 Å². The Balaban J connectivity index is 1.12. The summed E-state index contributed by atoms with van der Waals surface area (Å²) in [6.45, 7) is 0. The van der Waals surface area contributed by atoms with Crippen molar-refractivity contribution in [2.45, 2.75) is 0 Å². The van der Waals surface area contributed by atoms with Crippen LogP contribution in [0.4, 0.5) is 0 Å². The van der Waals surface area contributed by atoms with Crippen molar-refractivity contribution in [2.24, 2.45) is 0 Å². The van der Waals surface area contributed by atoms with E-state index in [1.165, 1.54) is 43.7 Å². The van der Waals surface area contributed by atoms with E-state index >= 15 is 0 Å². The molecule has 0 unspecified atom stereocenters. The van der Waals surface area contributed by atoms with Crippen molar-refractivity contribution in [3.8, 4) is 62.1 Å². The summed E-state index contributed by atoms with van der Waals surface area (Å²) in [6.07, 6.45) is 0. The number of nitrogens with zero attached hydrogens (tertiary/aromatic N) is 4. The Bertz CT molecular complexity index is 2820. The first-order chi connectivity index (χ1) is 26.3. The predicted molar refractivity (Wildman–Crippen MR) is 219 cm³/mol. The van der Waals surface area contributed by atoms with Crippen molar-refractivity contribution in [1.82, 2.24) is 19.5 Å². The molecular weight excluding hydrogens is 645 g/mol. The van der Waals surface area contributed by atoms with E-state index in [1.807, 2.05) is 60.7 Å². The number of hydrogen-bond donors (Lipinski definition) is 0.